The molecule has 0 saturated carbocycles. The van der Waals surface area contributed by atoms with Crippen LogP contribution >= 0.6 is 0 Å². The van der Waals surface area contributed by atoms with Gasteiger partial charge in [-0.05, 0) is 31.7 Å². The van der Waals surface area contributed by atoms with Crippen LogP contribution in [-0.4, -0.2) is 66.5 Å². The van der Waals surface area contributed by atoms with E-state index in [0.29, 0.717) is 38.9 Å². The van der Waals surface area contributed by atoms with E-state index in [4.69, 9.17) is 5.11 Å². The van der Waals surface area contributed by atoms with Crippen LogP contribution in [0.25, 0.3) is 0 Å². The summed E-state index contributed by atoms with van der Waals surface area (Å²) >= 11 is 0. The Morgan fingerprint density at radius 1 is 1.19 bits per heavy atom. The minimum absolute atomic E-state index is 0.0494. The number of sulfonamides is 1. The van der Waals surface area contributed by atoms with Gasteiger partial charge in [0, 0.05) is 25.6 Å². The predicted molar refractivity (Wildman–Crippen MR) is 98.1 cm³/mol. The number of carbonyl (C=O) groups is 2. The standard InChI is InChI=1S/C18H26N2O5S/c1-2-26(24,25)20-12-9-16(10-13-20)18(23)19(14-17(21)22)11-8-15-6-4-3-5-7-15/h3-7,16H,2,8-14H2,1H3,(H,21,22). The second kappa shape index (κ2) is 9.14. The van der Waals surface area contributed by atoms with E-state index in [1.165, 1.54) is 9.21 Å². The van der Waals surface area contributed by atoms with Crippen LogP contribution in [0.1, 0.15) is 25.3 Å². The second-order valence-corrected chi connectivity index (χ2v) is 8.72. The number of rotatable bonds is 8. The van der Waals surface area contributed by atoms with Crippen LogP contribution < -0.4 is 0 Å². The highest BCUT2D eigenvalue weighted by Crippen LogP contribution is 2.22. The predicted octanol–water partition coefficient (Wildman–Crippen LogP) is 1.20. The zero-order valence-electron chi connectivity index (χ0n) is 15.0. The lowest BCUT2D eigenvalue weighted by atomic mass is 9.96. The molecular weight excluding hydrogens is 356 g/mol. The fraction of sp³-hybridized carbons (Fsp3) is 0.556. The van der Waals surface area contributed by atoms with Gasteiger partial charge in [-0.2, -0.15) is 0 Å². The SMILES string of the molecule is CCS(=O)(=O)N1CCC(C(=O)N(CCc2ccccc2)CC(=O)O)CC1. The van der Waals surface area contributed by atoms with Crippen LogP contribution in [0.5, 0.6) is 0 Å². The third kappa shape index (κ3) is 5.54. The maximum absolute atomic E-state index is 12.8. The van der Waals surface area contributed by atoms with Crippen molar-refractivity contribution in [2.75, 3.05) is 31.9 Å². The molecule has 1 aliphatic rings. The normalized spacial score (nSPS) is 16.3. The van der Waals surface area contributed by atoms with Crippen molar-refractivity contribution in [2.45, 2.75) is 26.2 Å². The molecule has 7 nitrogen and oxygen atoms in total. The van der Waals surface area contributed by atoms with Gasteiger partial charge in [0.15, 0.2) is 0 Å². The highest BCUT2D eigenvalue weighted by atomic mass is 32.2. The van der Waals surface area contributed by atoms with Crippen molar-refractivity contribution in [3.63, 3.8) is 0 Å². The molecule has 1 aliphatic heterocycles. The molecule has 144 valence electrons. The van der Waals surface area contributed by atoms with Gasteiger partial charge in [-0.15, -0.1) is 0 Å². The van der Waals surface area contributed by atoms with E-state index in [0.717, 1.165) is 5.56 Å². The second-order valence-electron chi connectivity index (χ2n) is 6.46. The van der Waals surface area contributed by atoms with Crippen molar-refractivity contribution in [1.29, 1.82) is 0 Å². The van der Waals surface area contributed by atoms with Crippen LogP contribution in [-0.2, 0) is 26.0 Å². The molecule has 1 heterocycles. The number of hydrogen-bond donors (Lipinski definition) is 1. The van der Waals surface area contributed by atoms with Crippen LogP contribution in [0.4, 0.5) is 0 Å². The Morgan fingerprint density at radius 3 is 2.35 bits per heavy atom. The van der Waals surface area contributed by atoms with E-state index in [1.807, 2.05) is 30.3 Å². The summed E-state index contributed by atoms with van der Waals surface area (Å²) in [5, 5.41) is 9.13. The first kappa shape index (κ1) is 20.4. The molecule has 1 fully saturated rings. The molecule has 1 N–H and O–H groups in total. The van der Waals surface area contributed by atoms with Gasteiger partial charge in [0.05, 0.1) is 5.75 Å². The Bertz CT molecular complexity index is 712. The topological polar surface area (TPSA) is 95.0 Å². The number of amides is 1. The molecule has 0 atom stereocenters. The van der Waals surface area contributed by atoms with Gasteiger partial charge in [-0.25, -0.2) is 12.7 Å². The first-order chi connectivity index (χ1) is 12.3. The third-order valence-electron chi connectivity index (χ3n) is 4.71. The Labute approximate surface area is 154 Å². The van der Waals surface area contributed by atoms with Gasteiger partial charge in [-0.3, -0.25) is 9.59 Å². The average Bonchev–Trinajstić information content (AvgIpc) is 2.65. The molecule has 2 rings (SSSR count). The van der Waals surface area contributed by atoms with E-state index in [1.54, 1.807) is 6.92 Å². The van der Waals surface area contributed by atoms with Crippen molar-refractivity contribution < 1.29 is 23.1 Å². The molecule has 0 aromatic heterocycles. The fourth-order valence-electron chi connectivity index (χ4n) is 3.16. The summed E-state index contributed by atoms with van der Waals surface area (Å²) < 4.78 is 25.3. The Morgan fingerprint density at radius 2 is 1.81 bits per heavy atom. The monoisotopic (exact) mass is 382 g/mol. The van der Waals surface area contributed by atoms with Gasteiger partial charge >= 0.3 is 5.97 Å². The summed E-state index contributed by atoms with van der Waals surface area (Å²) in [6, 6.07) is 9.60. The van der Waals surface area contributed by atoms with E-state index in [-0.39, 0.29) is 24.1 Å². The number of piperidine rings is 1. The van der Waals surface area contributed by atoms with E-state index >= 15 is 0 Å². The van der Waals surface area contributed by atoms with Crippen molar-refractivity contribution >= 4 is 21.9 Å². The zero-order valence-corrected chi connectivity index (χ0v) is 15.8. The highest BCUT2D eigenvalue weighted by Gasteiger charge is 2.32. The van der Waals surface area contributed by atoms with Crippen molar-refractivity contribution in [1.82, 2.24) is 9.21 Å². The number of benzene rings is 1. The lowest BCUT2D eigenvalue weighted by Gasteiger charge is -2.33. The van der Waals surface area contributed by atoms with Crippen LogP contribution in [0.2, 0.25) is 0 Å². The number of carboxylic acid groups (broad SMARTS) is 1. The lowest BCUT2D eigenvalue weighted by molar-refractivity contribution is -0.146. The number of carboxylic acids is 1. The molecule has 0 radical (unpaired) electrons. The molecule has 0 spiro atoms. The highest BCUT2D eigenvalue weighted by molar-refractivity contribution is 7.89. The molecule has 0 bridgehead atoms. The van der Waals surface area contributed by atoms with Gasteiger partial charge in [0.1, 0.15) is 6.54 Å². The van der Waals surface area contributed by atoms with Gasteiger partial charge in [0.25, 0.3) is 0 Å². The van der Waals surface area contributed by atoms with Crippen molar-refractivity contribution in [3.8, 4) is 0 Å². The Balaban J connectivity index is 1.97. The first-order valence-corrected chi connectivity index (χ1v) is 10.5. The van der Waals surface area contributed by atoms with E-state index < -0.39 is 16.0 Å². The van der Waals surface area contributed by atoms with Crippen LogP contribution in [0.15, 0.2) is 30.3 Å². The Kier molecular flexibility index (Phi) is 7.16. The maximum Gasteiger partial charge on any atom is 0.323 e. The lowest BCUT2D eigenvalue weighted by Crippen LogP contribution is -2.46. The number of hydrogen-bond acceptors (Lipinski definition) is 4. The quantitative estimate of drug-likeness (QED) is 0.729. The number of carbonyl (C=O) groups excluding carboxylic acids is 1. The zero-order chi connectivity index (χ0) is 19.2. The molecule has 1 saturated heterocycles. The number of nitrogens with zero attached hydrogens (tertiary/aromatic N) is 2. The molecule has 1 aromatic rings. The van der Waals surface area contributed by atoms with Crippen molar-refractivity contribution in [2.24, 2.45) is 5.92 Å². The van der Waals surface area contributed by atoms with Gasteiger partial charge in [-0.1, -0.05) is 30.3 Å². The summed E-state index contributed by atoms with van der Waals surface area (Å²) in [5.74, 6) is -1.52. The summed E-state index contributed by atoms with van der Waals surface area (Å²) in [4.78, 5) is 25.3. The van der Waals surface area contributed by atoms with Crippen molar-refractivity contribution in [3.05, 3.63) is 35.9 Å². The largest absolute Gasteiger partial charge is 0.480 e. The first-order valence-electron chi connectivity index (χ1n) is 8.86. The molecular formula is C18H26N2O5S. The van der Waals surface area contributed by atoms with E-state index in [9.17, 15) is 18.0 Å². The smallest absolute Gasteiger partial charge is 0.323 e. The minimum Gasteiger partial charge on any atom is -0.480 e. The molecule has 1 aromatic carbocycles. The molecule has 26 heavy (non-hydrogen) atoms. The third-order valence-corrected chi connectivity index (χ3v) is 6.59. The number of aliphatic carboxylic acids is 1. The molecule has 0 aliphatic carbocycles. The molecule has 0 unspecified atom stereocenters. The molecule has 1 amide bonds. The van der Waals surface area contributed by atoms with E-state index in [2.05, 4.69) is 0 Å². The van der Waals surface area contributed by atoms with Crippen LogP contribution in [0.3, 0.4) is 0 Å². The fourth-order valence-corrected chi connectivity index (χ4v) is 4.29. The van der Waals surface area contributed by atoms with Crippen LogP contribution in [0, 0.1) is 5.92 Å². The maximum atomic E-state index is 12.8. The average molecular weight is 382 g/mol. The summed E-state index contributed by atoms with van der Waals surface area (Å²) in [6.07, 6.45) is 1.45. The summed E-state index contributed by atoms with van der Waals surface area (Å²) in [6.45, 7) is 2.23. The Hall–Kier alpha value is -1.93. The van der Waals surface area contributed by atoms with Gasteiger partial charge in [0.2, 0.25) is 15.9 Å². The summed E-state index contributed by atoms with van der Waals surface area (Å²) in [5.41, 5.74) is 1.04. The summed E-state index contributed by atoms with van der Waals surface area (Å²) in [7, 11) is -3.24. The molecule has 8 heteroatoms. The minimum atomic E-state index is -3.24. The van der Waals surface area contributed by atoms with Gasteiger partial charge < -0.3 is 10.0 Å².